The summed E-state index contributed by atoms with van der Waals surface area (Å²) in [6.07, 6.45) is 1.52. The van der Waals surface area contributed by atoms with Gasteiger partial charge in [-0.3, -0.25) is 0 Å². The summed E-state index contributed by atoms with van der Waals surface area (Å²) < 4.78 is 42.6. The van der Waals surface area contributed by atoms with Gasteiger partial charge in [0.25, 0.3) is 0 Å². The largest absolute Gasteiger partial charge is 0.497 e. The van der Waals surface area contributed by atoms with Gasteiger partial charge in [0.15, 0.2) is 0 Å². The maximum atomic E-state index is 12.8. The normalized spacial score (nSPS) is 17.7. The van der Waals surface area contributed by atoms with Crippen LogP contribution in [0, 0.1) is 0 Å². The Bertz CT molecular complexity index is 579. The fourth-order valence-corrected chi connectivity index (χ4v) is 4.07. The van der Waals surface area contributed by atoms with Crippen LogP contribution in [0.2, 0.25) is 0 Å². The third-order valence-corrected chi connectivity index (χ3v) is 5.64. The van der Waals surface area contributed by atoms with Crippen molar-refractivity contribution < 1.29 is 22.6 Å². The summed E-state index contributed by atoms with van der Waals surface area (Å²) >= 11 is 0. The van der Waals surface area contributed by atoms with Gasteiger partial charge in [-0.2, -0.15) is 4.31 Å². The Balaban J connectivity index is 2.31. The predicted octanol–water partition coefficient (Wildman–Crippen LogP) is 1.50. The minimum atomic E-state index is -3.60. The fourth-order valence-electron chi connectivity index (χ4n) is 2.43. The van der Waals surface area contributed by atoms with Gasteiger partial charge < -0.3 is 14.2 Å². The Kier molecular flexibility index (Phi) is 5.08. The molecule has 1 aromatic rings. The summed E-state index contributed by atoms with van der Waals surface area (Å²) in [6.45, 7) is 0.891. The molecule has 0 spiro atoms. The Hall–Kier alpha value is -1.31. The molecule has 0 bridgehead atoms. The quantitative estimate of drug-likeness (QED) is 0.824. The molecule has 0 amide bonds. The summed E-state index contributed by atoms with van der Waals surface area (Å²) in [4.78, 5) is 0.139. The number of piperidine rings is 1. The number of hydrogen-bond acceptors (Lipinski definition) is 5. The molecule has 0 radical (unpaired) electrons. The highest BCUT2D eigenvalue weighted by atomic mass is 32.2. The number of benzene rings is 1. The highest BCUT2D eigenvalue weighted by Crippen LogP contribution is 2.31. The van der Waals surface area contributed by atoms with Crippen molar-refractivity contribution in [3.63, 3.8) is 0 Å². The maximum Gasteiger partial charge on any atom is 0.246 e. The van der Waals surface area contributed by atoms with Gasteiger partial charge >= 0.3 is 0 Å². The molecule has 1 aliphatic rings. The lowest BCUT2D eigenvalue weighted by atomic mass is 10.1. The summed E-state index contributed by atoms with van der Waals surface area (Å²) in [6, 6.07) is 4.78. The highest BCUT2D eigenvalue weighted by Gasteiger charge is 2.31. The van der Waals surface area contributed by atoms with Crippen LogP contribution >= 0.6 is 0 Å². The van der Waals surface area contributed by atoms with Crippen LogP contribution in [0.3, 0.4) is 0 Å². The van der Waals surface area contributed by atoms with Crippen LogP contribution in [0.1, 0.15) is 12.8 Å². The van der Waals surface area contributed by atoms with E-state index >= 15 is 0 Å². The Morgan fingerprint density at radius 2 is 1.76 bits per heavy atom. The molecule has 118 valence electrons. The molecule has 1 fully saturated rings. The van der Waals surface area contributed by atoms with Crippen LogP contribution in [-0.4, -0.2) is 53.2 Å². The van der Waals surface area contributed by atoms with Crippen LogP contribution in [-0.2, 0) is 14.8 Å². The van der Waals surface area contributed by atoms with E-state index in [2.05, 4.69) is 0 Å². The van der Waals surface area contributed by atoms with Crippen molar-refractivity contribution in [2.45, 2.75) is 23.8 Å². The van der Waals surface area contributed by atoms with Gasteiger partial charge in [-0.05, 0) is 25.0 Å². The molecular weight excluding hydrogens is 294 g/mol. The molecule has 1 saturated heterocycles. The average Bonchev–Trinajstić information content (AvgIpc) is 2.54. The van der Waals surface area contributed by atoms with Crippen molar-refractivity contribution in [1.82, 2.24) is 4.31 Å². The van der Waals surface area contributed by atoms with Gasteiger partial charge in [0.05, 0.1) is 20.3 Å². The van der Waals surface area contributed by atoms with Gasteiger partial charge in [0.1, 0.15) is 16.4 Å². The first-order valence-electron chi connectivity index (χ1n) is 6.78. The molecule has 1 aromatic carbocycles. The van der Waals surface area contributed by atoms with Gasteiger partial charge in [-0.15, -0.1) is 0 Å². The topological polar surface area (TPSA) is 65.1 Å². The molecule has 1 heterocycles. The second-order valence-corrected chi connectivity index (χ2v) is 6.76. The van der Waals surface area contributed by atoms with E-state index in [-0.39, 0.29) is 11.0 Å². The zero-order valence-electron chi connectivity index (χ0n) is 12.5. The number of methoxy groups -OCH3 is 3. The zero-order chi connectivity index (χ0) is 15.5. The molecule has 0 N–H and O–H groups in total. The molecule has 21 heavy (non-hydrogen) atoms. The molecule has 0 atom stereocenters. The second-order valence-electron chi connectivity index (χ2n) is 4.86. The minimum absolute atomic E-state index is 0.128. The third-order valence-electron chi connectivity index (χ3n) is 3.72. The van der Waals surface area contributed by atoms with Crippen LogP contribution in [0.15, 0.2) is 23.1 Å². The van der Waals surface area contributed by atoms with Crippen LogP contribution in [0.25, 0.3) is 0 Å². The molecule has 6 nitrogen and oxygen atoms in total. The van der Waals surface area contributed by atoms with Gasteiger partial charge in [0, 0.05) is 26.3 Å². The summed E-state index contributed by atoms with van der Waals surface area (Å²) in [5.41, 5.74) is 0. The highest BCUT2D eigenvalue weighted by molar-refractivity contribution is 7.89. The van der Waals surface area contributed by atoms with E-state index in [4.69, 9.17) is 14.2 Å². The lowest BCUT2D eigenvalue weighted by Crippen LogP contribution is -2.40. The third kappa shape index (κ3) is 3.30. The number of sulfonamides is 1. The van der Waals surface area contributed by atoms with Gasteiger partial charge in [-0.25, -0.2) is 8.42 Å². The summed E-state index contributed by atoms with van der Waals surface area (Å²) in [7, 11) is 1.02. The first kappa shape index (κ1) is 16.1. The second kappa shape index (κ2) is 6.64. The number of nitrogens with zero attached hydrogens (tertiary/aromatic N) is 1. The van der Waals surface area contributed by atoms with Gasteiger partial charge in [0.2, 0.25) is 10.0 Å². The lowest BCUT2D eigenvalue weighted by Gasteiger charge is -2.30. The van der Waals surface area contributed by atoms with Crippen molar-refractivity contribution in [3.8, 4) is 11.5 Å². The average molecular weight is 315 g/mol. The van der Waals surface area contributed by atoms with E-state index in [0.717, 1.165) is 0 Å². The molecule has 7 heteroatoms. The van der Waals surface area contributed by atoms with Crippen molar-refractivity contribution >= 4 is 10.0 Å². The van der Waals surface area contributed by atoms with Crippen LogP contribution < -0.4 is 9.47 Å². The van der Waals surface area contributed by atoms with E-state index in [1.54, 1.807) is 19.2 Å². The summed E-state index contributed by atoms with van der Waals surface area (Å²) in [5, 5.41) is 0. The van der Waals surface area contributed by atoms with Crippen molar-refractivity contribution in [2.24, 2.45) is 0 Å². The monoisotopic (exact) mass is 315 g/mol. The predicted molar refractivity (Wildman–Crippen MR) is 78.3 cm³/mol. The number of ether oxygens (including phenoxy) is 3. The minimum Gasteiger partial charge on any atom is -0.497 e. The van der Waals surface area contributed by atoms with E-state index in [1.807, 2.05) is 0 Å². The van der Waals surface area contributed by atoms with Gasteiger partial charge in [-0.1, -0.05) is 0 Å². The van der Waals surface area contributed by atoms with E-state index in [1.165, 1.54) is 24.6 Å². The number of hydrogen-bond donors (Lipinski definition) is 0. The molecule has 0 aliphatic carbocycles. The van der Waals surface area contributed by atoms with E-state index in [0.29, 0.717) is 37.4 Å². The molecule has 2 rings (SSSR count). The SMILES string of the molecule is COc1ccc(OC)c(S(=O)(=O)N2CCC(OC)CC2)c1. The van der Waals surface area contributed by atoms with Crippen LogP contribution in [0.5, 0.6) is 11.5 Å². The molecule has 0 aromatic heterocycles. The van der Waals surface area contributed by atoms with Crippen LogP contribution in [0.4, 0.5) is 0 Å². The molecule has 0 saturated carbocycles. The number of rotatable bonds is 5. The van der Waals surface area contributed by atoms with Crippen molar-refractivity contribution in [1.29, 1.82) is 0 Å². The lowest BCUT2D eigenvalue weighted by molar-refractivity contribution is 0.0604. The maximum absolute atomic E-state index is 12.8. The van der Waals surface area contributed by atoms with E-state index < -0.39 is 10.0 Å². The van der Waals surface area contributed by atoms with Crippen molar-refractivity contribution in [2.75, 3.05) is 34.4 Å². The molecular formula is C14H21NO5S. The standard InChI is InChI=1S/C14H21NO5S/c1-18-11-6-8-15(9-7-11)21(16,17)14-10-12(19-2)4-5-13(14)20-3/h4-5,10-11H,6-9H2,1-3H3. The Morgan fingerprint density at radius 1 is 1.10 bits per heavy atom. The fraction of sp³-hybridized carbons (Fsp3) is 0.571. The smallest absolute Gasteiger partial charge is 0.246 e. The van der Waals surface area contributed by atoms with E-state index in [9.17, 15) is 8.42 Å². The Labute approximate surface area is 125 Å². The van der Waals surface area contributed by atoms with Crippen molar-refractivity contribution in [3.05, 3.63) is 18.2 Å². The first-order chi connectivity index (χ1) is 10.0. The first-order valence-corrected chi connectivity index (χ1v) is 8.22. The summed E-state index contributed by atoms with van der Waals surface area (Å²) in [5.74, 6) is 0.811. The Morgan fingerprint density at radius 3 is 2.29 bits per heavy atom. The zero-order valence-corrected chi connectivity index (χ0v) is 13.4. The molecule has 0 unspecified atom stereocenters. The molecule has 1 aliphatic heterocycles.